The molecule has 0 atom stereocenters. The SMILES string of the molecule is C=CCOS(=O)(=O)c1ccccc1.O=C(O)O. The molecule has 0 saturated carbocycles. The summed E-state index contributed by atoms with van der Waals surface area (Å²) in [7, 11) is -3.59. The molecule has 0 radical (unpaired) electrons. The van der Waals surface area contributed by atoms with Crippen LogP contribution in [0.4, 0.5) is 4.79 Å². The van der Waals surface area contributed by atoms with Gasteiger partial charge in [-0.25, -0.2) is 4.79 Å². The van der Waals surface area contributed by atoms with Gasteiger partial charge in [-0.05, 0) is 12.1 Å². The molecule has 0 heterocycles. The smallest absolute Gasteiger partial charge is 0.450 e. The van der Waals surface area contributed by atoms with E-state index in [1.54, 1.807) is 18.2 Å². The summed E-state index contributed by atoms with van der Waals surface area (Å²) in [6.45, 7) is 3.37. The van der Waals surface area contributed by atoms with Crippen LogP contribution in [-0.2, 0) is 14.3 Å². The maximum Gasteiger partial charge on any atom is 0.503 e. The predicted octanol–water partition coefficient (Wildman–Crippen LogP) is 1.80. The van der Waals surface area contributed by atoms with Gasteiger partial charge in [0, 0.05) is 0 Å². The van der Waals surface area contributed by atoms with E-state index < -0.39 is 16.3 Å². The summed E-state index contributed by atoms with van der Waals surface area (Å²) in [5.74, 6) is 0. The van der Waals surface area contributed by atoms with Gasteiger partial charge in [-0.15, -0.1) is 6.58 Å². The molecule has 0 aliphatic rings. The lowest BCUT2D eigenvalue weighted by atomic mass is 10.4. The highest BCUT2D eigenvalue weighted by molar-refractivity contribution is 7.86. The minimum Gasteiger partial charge on any atom is -0.450 e. The summed E-state index contributed by atoms with van der Waals surface area (Å²) in [5, 5.41) is 13.9. The molecule has 1 aromatic rings. The van der Waals surface area contributed by atoms with Crippen molar-refractivity contribution in [1.82, 2.24) is 0 Å². The summed E-state index contributed by atoms with van der Waals surface area (Å²) >= 11 is 0. The molecule has 1 aromatic carbocycles. The van der Waals surface area contributed by atoms with Gasteiger partial charge in [0.05, 0.1) is 11.5 Å². The van der Waals surface area contributed by atoms with E-state index in [9.17, 15) is 8.42 Å². The number of benzene rings is 1. The van der Waals surface area contributed by atoms with E-state index in [0.717, 1.165) is 0 Å². The zero-order valence-corrected chi connectivity index (χ0v) is 9.63. The average molecular weight is 260 g/mol. The van der Waals surface area contributed by atoms with Crippen molar-refractivity contribution in [1.29, 1.82) is 0 Å². The van der Waals surface area contributed by atoms with Crippen LogP contribution in [0.15, 0.2) is 47.9 Å². The summed E-state index contributed by atoms with van der Waals surface area (Å²) in [6.07, 6.45) is -0.444. The third-order valence-electron chi connectivity index (χ3n) is 1.37. The Kier molecular flexibility index (Phi) is 6.61. The summed E-state index contributed by atoms with van der Waals surface area (Å²) < 4.78 is 27.3. The third kappa shape index (κ3) is 7.09. The number of hydrogen-bond donors (Lipinski definition) is 2. The Bertz CT molecular complexity index is 447. The highest BCUT2D eigenvalue weighted by Gasteiger charge is 2.12. The number of rotatable bonds is 4. The van der Waals surface area contributed by atoms with E-state index in [0.29, 0.717) is 0 Å². The van der Waals surface area contributed by atoms with Crippen molar-refractivity contribution < 1.29 is 27.6 Å². The standard InChI is InChI=1S/C9H10O3S.CH2O3/c1-2-8-12-13(10,11)9-6-4-3-5-7-9;2-1(3)4/h2-7H,1,8H2;(H2,2,3,4). The van der Waals surface area contributed by atoms with Gasteiger partial charge in [0.1, 0.15) is 0 Å². The van der Waals surface area contributed by atoms with Crippen LogP contribution in [0.1, 0.15) is 0 Å². The maximum absolute atomic E-state index is 11.3. The van der Waals surface area contributed by atoms with Gasteiger partial charge in [-0.2, -0.15) is 8.42 Å². The molecule has 0 aliphatic heterocycles. The molecular formula is C10H12O6S. The van der Waals surface area contributed by atoms with Crippen molar-refractivity contribution >= 4 is 16.3 Å². The van der Waals surface area contributed by atoms with Crippen LogP contribution < -0.4 is 0 Å². The molecule has 2 N–H and O–H groups in total. The lowest BCUT2D eigenvalue weighted by Crippen LogP contribution is -2.05. The molecule has 94 valence electrons. The molecule has 0 bridgehead atoms. The lowest BCUT2D eigenvalue weighted by Gasteiger charge is -2.01. The zero-order valence-electron chi connectivity index (χ0n) is 8.81. The Morgan fingerprint density at radius 1 is 1.29 bits per heavy atom. The van der Waals surface area contributed by atoms with Crippen molar-refractivity contribution in [3.63, 3.8) is 0 Å². The fourth-order valence-corrected chi connectivity index (χ4v) is 1.69. The Morgan fingerprint density at radius 3 is 2.18 bits per heavy atom. The zero-order chi connectivity index (χ0) is 13.3. The van der Waals surface area contributed by atoms with Crippen LogP contribution in [0.3, 0.4) is 0 Å². The number of carbonyl (C=O) groups is 1. The quantitative estimate of drug-likeness (QED) is 0.632. The van der Waals surface area contributed by atoms with Gasteiger partial charge < -0.3 is 10.2 Å². The molecule has 0 aromatic heterocycles. The van der Waals surface area contributed by atoms with Crippen LogP contribution in [0.5, 0.6) is 0 Å². The molecule has 1 rings (SSSR count). The van der Waals surface area contributed by atoms with Crippen LogP contribution in [-0.4, -0.2) is 31.4 Å². The Hall–Kier alpha value is -1.86. The van der Waals surface area contributed by atoms with Crippen LogP contribution in [0.25, 0.3) is 0 Å². The van der Waals surface area contributed by atoms with E-state index in [4.69, 9.17) is 15.0 Å². The molecule has 17 heavy (non-hydrogen) atoms. The molecule has 0 saturated heterocycles. The first kappa shape index (κ1) is 15.1. The summed E-state index contributed by atoms with van der Waals surface area (Å²) in [6, 6.07) is 8.00. The van der Waals surface area contributed by atoms with Crippen molar-refractivity contribution in [2.24, 2.45) is 0 Å². The van der Waals surface area contributed by atoms with Crippen LogP contribution in [0, 0.1) is 0 Å². The highest BCUT2D eigenvalue weighted by atomic mass is 32.2. The third-order valence-corrected chi connectivity index (χ3v) is 2.67. The highest BCUT2D eigenvalue weighted by Crippen LogP contribution is 2.10. The van der Waals surface area contributed by atoms with E-state index in [-0.39, 0.29) is 11.5 Å². The molecule has 0 amide bonds. The minimum atomic E-state index is -3.59. The van der Waals surface area contributed by atoms with Gasteiger partial charge in [0.15, 0.2) is 0 Å². The first-order valence-electron chi connectivity index (χ1n) is 4.37. The van der Waals surface area contributed by atoms with Crippen LogP contribution in [0.2, 0.25) is 0 Å². The molecule has 0 aliphatic carbocycles. The van der Waals surface area contributed by atoms with Crippen molar-refractivity contribution in [3.8, 4) is 0 Å². The number of carboxylic acid groups (broad SMARTS) is 2. The Balaban J connectivity index is 0.000000557. The van der Waals surface area contributed by atoms with E-state index in [1.807, 2.05) is 0 Å². The van der Waals surface area contributed by atoms with Gasteiger partial charge in [0.25, 0.3) is 10.1 Å². The summed E-state index contributed by atoms with van der Waals surface area (Å²) in [5.41, 5.74) is 0. The van der Waals surface area contributed by atoms with Gasteiger partial charge >= 0.3 is 6.16 Å². The molecule has 0 unspecified atom stereocenters. The van der Waals surface area contributed by atoms with Crippen molar-refractivity contribution in [2.45, 2.75) is 4.90 Å². The van der Waals surface area contributed by atoms with E-state index in [2.05, 4.69) is 10.8 Å². The predicted molar refractivity (Wildman–Crippen MR) is 60.4 cm³/mol. The Morgan fingerprint density at radius 2 is 1.76 bits per heavy atom. The number of hydrogen-bond acceptors (Lipinski definition) is 4. The molecule has 0 spiro atoms. The second kappa shape index (κ2) is 7.42. The van der Waals surface area contributed by atoms with Gasteiger partial charge in [0.2, 0.25) is 0 Å². The molecule has 7 heteroatoms. The second-order valence-corrected chi connectivity index (χ2v) is 4.24. The summed E-state index contributed by atoms with van der Waals surface area (Å²) in [4.78, 5) is 8.72. The first-order chi connectivity index (χ1) is 7.90. The van der Waals surface area contributed by atoms with Gasteiger partial charge in [-0.1, -0.05) is 24.3 Å². The topological polar surface area (TPSA) is 101 Å². The Labute approximate surface area is 98.9 Å². The fraction of sp³-hybridized carbons (Fsp3) is 0.100. The maximum atomic E-state index is 11.3. The van der Waals surface area contributed by atoms with E-state index in [1.165, 1.54) is 18.2 Å². The minimum absolute atomic E-state index is 0.00275. The monoisotopic (exact) mass is 260 g/mol. The second-order valence-electron chi connectivity index (χ2n) is 2.62. The largest absolute Gasteiger partial charge is 0.503 e. The lowest BCUT2D eigenvalue weighted by molar-refractivity contribution is 0.137. The average Bonchev–Trinajstić information content (AvgIpc) is 2.27. The van der Waals surface area contributed by atoms with Gasteiger partial charge in [-0.3, -0.25) is 4.18 Å². The molecular weight excluding hydrogens is 248 g/mol. The fourth-order valence-electron chi connectivity index (χ4n) is 0.793. The normalized spacial score (nSPS) is 9.88. The molecule has 6 nitrogen and oxygen atoms in total. The van der Waals surface area contributed by atoms with Crippen LogP contribution >= 0.6 is 0 Å². The van der Waals surface area contributed by atoms with Crippen molar-refractivity contribution in [3.05, 3.63) is 43.0 Å². The molecule has 0 fully saturated rings. The van der Waals surface area contributed by atoms with Crippen molar-refractivity contribution in [2.75, 3.05) is 6.61 Å². The first-order valence-corrected chi connectivity index (χ1v) is 5.78. The van der Waals surface area contributed by atoms with E-state index >= 15 is 0 Å².